The van der Waals surface area contributed by atoms with Crippen LogP contribution in [0.2, 0.25) is 0 Å². The SMILES string of the molecule is COCCNC(C)C(C)c1ccc2ncccc2c1. The van der Waals surface area contributed by atoms with Crippen molar-refractivity contribution >= 4 is 10.9 Å². The first-order valence-corrected chi connectivity index (χ1v) is 6.79. The molecule has 19 heavy (non-hydrogen) atoms. The summed E-state index contributed by atoms with van der Waals surface area (Å²) in [4.78, 5) is 4.36. The predicted molar refractivity (Wildman–Crippen MR) is 79.5 cm³/mol. The number of hydrogen-bond donors (Lipinski definition) is 1. The molecular weight excluding hydrogens is 236 g/mol. The summed E-state index contributed by atoms with van der Waals surface area (Å²) in [5.74, 6) is 0.460. The highest BCUT2D eigenvalue weighted by Crippen LogP contribution is 2.22. The minimum Gasteiger partial charge on any atom is -0.383 e. The van der Waals surface area contributed by atoms with Gasteiger partial charge in [-0.3, -0.25) is 4.98 Å². The standard InChI is InChI=1S/C16H22N2O/c1-12(13(2)17-9-10-19-3)14-6-7-16-15(11-14)5-4-8-18-16/h4-8,11-13,17H,9-10H2,1-3H3. The molecule has 0 amide bonds. The van der Waals surface area contributed by atoms with Crippen LogP contribution >= 0.6 is 0 Å². The van der Waals surface area contributed by atoms with E-state index in [-0.39, 0.29) is 0 Å². The van der Waals surface area contributed by atoms with Gasteiger partial charge < -0.3 is 10.1 Å². The first kappa shape index (κ1) is 14.0. The molecule has 3 nitrogen and oxygen atoms in total. The summed E-state index contributed by atoms with van der Waals surface area (Å²) in [5.41, 5.74) is 2.40. The van der Waals surface area contributed by atoms with Gasteiger partial charge in [-0.15, -0.1) is 0 Å². The molecule has 0 fully saturated rings. The quantitative estimate of drug-likeness (QED) is 0.809. The van der Waals surface area contributed by atoms with Gasteiger partial charge in [-0.25, -0.2) is 0 Å². The molecule has 0 saturated heterocycles. The third-order valence-corrected chi connectivity index (χ3v) is 3.68. The van der Waals surface area contributed by atoms with E-state index in [1.54, 1.807) is 7.11 Å². The molecule has 2 atom stereocenters. The number of ether oxygens (including phenoxy) is 1. The summed E-state index contributed by atoms with van der Waals surface area (Å²) in [6, 6.07) is 11.0. The molecule has 2 rings (SSSR count). The lowest BCUT2D eigenvalue weighted by molar-refractivity contribution is 0.195. The van der Waals surface area contributed by atoms with Gasteiger partial charge in [0.25, 0.3) is 0 Å². The molecule has 0 radical (unpaired) electrons. The van der Waals surface area contributed by atoms with Crippen molar-refractivity contribution in [3.63, 3.8) is 0 Å². The largest absolute Gasteiger partial charge is 0.383 e. The van der Waals surface area contributed by atoms with E-state index in [1.165, 1.54) is 10.9 Å². The van der Waals surface area contributed by atoms with Crippen molar-refractivity contribution < 1.29 is 4.74 Å². The van der Waals surface area contributed by atoms with Crippen molar-refractivity contribution in [1.82, 2.24) is 10.3 Å². The van der Waals surface area contributed by atoms with E-state index in [9.17, 15) is 0 Å². The highest BCUT2D eigenvalue weighted by atomic mass is 16.5. The Balaban J connectivity index is 2.09. The number of pyridine rings is 1. The number of nitrogens with zero attached hydrogens (tertiary/aromatic N) is 1. The van der Waals surface area contributed by atoms with Gasteiger partial charge in [0.1, 0.15) is 0 Å². The van der Waals surface area contributed by atoms with E-state index in [2.05, 4.69) is 48.4 Å². The molecule has 2 unspecified atom stereocenters. The molecule has 0 saturated carbocycles. The minimum atomic E-state index is 0.421. The number of methoxy groups -OCH3 is 1. The lowest BCUT2D eigenvalue weighted by Gasteiger charge is -2.22. The van der Waals surface area contributed by atoms with E-state index in [0.29, 0.717) is 12.0 Å². The Bertz CT molecular complexity index is 527. The van der Waals surface area contributed by atoms with Gasteiger partial charge in [0, 0.05) is 31.3 Å². The van der Waals surface area contributed by atoms with Crippen LogP contribution in [-0.2, 0) is 4.74 Å². The molecule has 0 aliphatic rings. The van der Waals surface area contributed by atoms with Gasteiger partial charge in [-0.1, -0.05) is 19.1 Å². The number of aromatic nitrogens is 1. The maximum atomic E-state index is 5.06. The summed E-state index contributed by atoms with van der Waals surface area (Å²) in [6.45, 7) is 6.10. The first-order chi connectivity index (χ1) is 9.22. The predicted octanol–water partition coefficient (Wildman–Crippen LogP) is 2.96. The van der Waals surface area contributed by atoms with Crippen LogP contribution in [0.4, 0.5) is 0 Å². The molecule has 1 heterocycles. The molecule has 0 spiro atoms. The number of nitrogens with one attached hydrogen (secondary N) is 1. The Kier molecular flexibility index (Phi) is 4.88. The van der Waals surface area contributed by atoms with E-state index in [1.807, 2.05) is 12.3 Å². The van der Waals surface area contributed by atoms with Gasteiger partial charge in [-0.2, -0.15) is 0 Å². The second-order valence-electron chi connectivity index (χ2n) is 4.98. The van der Waals surface area contributed by atoms with Crippen LogP contribution in [0.3, 0.4) is 0 Å². The van der Waals surface area contributed by atoms with E-state index < -0.39 is 0 Å². The zero-order chi connectivity index (χ0) is 13.7. The van der Waals surface area contributed by atoms with Crippen molar-refractivity contribution in [2.45, 2.75) is 25.8 Å². The average molecular weight is 258 g/mol. The summed E-state index contributed by atoms with van der Waals surface area (Å²) in [7, 11) is 1.73. The Morgan fingerprint density at radius 3 is 2.89 bits per heavy atom. The monoisotopic (exact) mass is 258 g/mol. The molecule has 1 N–H and O–H groups in total. The Labute approximate surface area is 115 Å². The molecular formula is C16H22N2O. The summed E-state index contributed by atoms with van der Waals surface area (Å²) >= 11 is 0. The molecule has 0 aliphatic heterocycles. The third kappa shape index (κ3) is 3.52. The molecule has 2 aromatic rings. The van der Waals surface area contributed by atoms with Gasteiger partial charge in [0.15, 0.2) is 0 Å². The van der Waals surface area contributed by atoms with Crippen LogP contribution in [-0.4, -0.2) is 31.3 Å². The number of hydrogen-bond acceptors (Lipinski definition) is 3. The van der Waals surface area contributed by atoms with E-state index in [4.69, 9.17) is 4.74 Å². The van der Waals surface area contributed by atoms with E-state index in [0.717, 1.165) is 18.7 Å². The zero-order valence-electron chi connectivity index (χ0n) is 11.9. The van der Waals surface area contributed by atoms with Crippen LogP contribution in [0.1, 0.15) is 25.3 Å². The molecule has 0 aliphatic carbocycles. The van der Waals surface area contributed by atoms with E-state index >= 15 is 0 Å². The molecule has 3 heteroatoms. The minimum absolute atomic E-state index is 0.421. The highest BCUT2D eigenvalue weighted by molar-refractivity contribution is 5.79. The summed E-state index contributed by atoms with van der Waals surface area (Å²) < 4.78 is 5.06. The van der Waals surface area contributed by atoms with Gasteiger partial charge in [0.2, 0.25) is 0 Å². The second kappa shape index (κ2) is 6.64. The fourth-order valence-electron chi connectivity index (χ4n) is 2.23. The number of fused-ring (bicyclic) bond motifs is 1. The maximum Gasteiger partial charge on any atom is 0.0702 e. The summed E-state index contributed by atoms with van der Waals surface area (Å²) in [6.07, 6.45) is 1.83. The Morgan fingerprint density at radius 1 is 1.26 bits per heavy atom. The normalized spacial score (nSPS) is 14.5. The maximum absolute atomic E-state index is 5.06. The van der Waals surface area contributed by atoms with Crippen molar-refractivity contribution in [3.8, 4) is 0 Å². The lowest BCUT2D eigenvalue weighted by Crippen LogP contribution is -2.33. The third-order valence-electron chi connectivity index (χ3n) is 3.68. The van der Waals surface area contributed by atoms with Crippen molar-refractivity contribution in [2.24, 2.45) is 0 Å². The van der Waals surface area contributed by atoms with Gasteiger partial charge >= 0.3 is 0 Å². The molecule has 102 valence electrons. The summed E-state index contributed by atoms with van der Waals surface area (Å²) in [5, 5.41) is 4.69. The topological polar surface area (TPSA) is 34.1 Å². The van der Waals surface area contributed by atoms with Crippen molar-refractivity contribution in [2.75, 3.05) is 20.3 Å². The highest BCUT2D eigenvalue weighted by Gasteiger charge is 2.14. The van der Waals surface area contributed by atoms with Crippen LogP contribution in [0.15, 0.2) is 36.5 Å². The Hall–Kier alpha value is -1.45. The van der Waals surface area contributed by atoms with Crippen LogP contribution in [0.5, 0.6) is 0 Å². The smallest absolute Gasteiger partial charge is 0.0702 e. The number of benzene rings is 1. The fraction of sp³-hybridized carbons (Fsp3) is 0.438. The van der Waals surface area contributed by atoms with Crippen LogP contribution < -0.4 is 5.32 Å². The van der Waals surface area contributed by atoms with Crippen molar-refractivity contribution in [3.05, 3.63) is 42.1 Å². The van der Waals surface area contributed by atoms with Crippen LogP contribution in [0, 0.1) is 0 Å². The number of rotatable bonds is 6. The molecule has 1 aromatic heterocycles. The zero-order valence-corrected chi connectivity index (χ0v) is 11.9. The van der Waals surface area contributed by atoms with Crippen molar-refractivity contribution in [1.29, 1.82) is 0 Å². The lowest BCUT2D eigenvalue weighted by atomic mass is 9.93. The molecule has 1 aromatic carbocycles. The van der Waals surface area contributed by atoms with Gasteiger partial charge in [0.05, 0.1) is 12.1 Å². The first-order valence-electron chi connectivity index (χ1n) is 6.79. The van der Waals surface area contributed by atoms with Gasteiger partial charge in [-0.05, 0) is 36.6 Å². The second-order valence-corrected chi connectivity index (χ2v) is 4.98. The Morgan fingerprint density at radius 2 is 2.11 bits per heavy atom. The fourth-order valence-corrected chi connectivity index (χ4v) is 2.23. The van der Waals surface area contributed by atoms with Crippen LogP contribution in [0.25, 0.3) is 10.9 Å². The molecule has 0 bridgehead atoms. The average Bonchev–Trinajstić information content (AvgIpc) is 2.46.